The zero-order valence-electron chi connectivity index (χ0n) is 17.4. The predicted octanol–water partition coefficient (Wildman–Crippen LogP) is 6.35. The van der Waals surface area contributed by atoms with Crippen LogP contribution in [0, 0.1) is 4.64 Å². The van der Waals surface area contributed by atoms with Crippen LogP contribution in [0.1, 0.15) is 6.92 Å². The Morgan fingerprint density at radius 2 is 1.50 bits per heavy atom. The third-order valence-corrected chi connectivity index (χ3v) is 5.73. The molecule has 156 valence electrons. The molecule has 0 bridgehead atoms. The van der Waals surface area contributed by atoms with E-state index in [1.165, 1.54) is 18.1 Å². The van der Waals surface area contributed by atoms with Crippen molar-refractivity contribution in [3.8, 4) is 33.5 Å². The summed E-state index contributed by atoms with van der Waals surface area (Å²) < 4.78 is 2.57. The highest BCUT2D eigenvalue weighted by atomic mass is 32.1. The molecule has 1 amide bonds. The van der Waals surface area contributed by atoms with Crippen LogP contribution >= 0.6 is 12.2 Å². The van der Waals surface area contributed by atoms with Gasteiger partial charge in [0.05, 0.1) is 5.69 Å². The summed E-state index contributed by atoms with van der Waals surface area (Å²) in [5, 5.41) is 2.77. The molecule has 0 aliphatic rings. The van der Waals surface area contributed by atoms with E-state index < -0.39 is 0 Å². The third-order valence-electron chi connectivity index (χ3n) is 5.32. The number of rotatable bonds is 4. The third kappa shape index (κ3) is 3.84. The van der Waals surface area contributed by atoms with E-state index in [2.05, 4.69) is 51.7 Å². The first-order valence-electron chi connectivity index (χ1n) is 10.2. The molecule has 32 heavy (non-hydrogen) atoms. The normalized spacial score (nSPS) is 10.9. The molecule has 5 rings (SSSR count). The second-order valence-corrected chi connectivity index (χ2v) is 7.93. The Bertz CT molecular complexity index is 1470. The summed E-state index contributed by atoms with van der Waals surface area (Å²) in [6.07, 6.45) is 3.77. The molecule has 0 aliphatic heterocycles. The number of hydrogen-bond donors (Lipinski definition) is 2. The Hall–Kier alpha value is -4.03. The van der Waals surface area contributed by atoms with Crippen LogP contribution in [0.25, 0.3) is 39.3 Å². The zero-order chi connectivity index (χ0) is 22.1. The molecule has 0 aliphatic carbocycles. The molecule has 0 atom stereocenters. The predicted molar refractivity (Wildman–Crippen MR) is 131 cm³/mol. The van der Waals surface area contributed by atoms with E-state index in [-0.39, 0.29) is 5.91 Å². The first kappa shape index (κ1) is 19.9. The summed E-state index contributed by atoms with van der Waals surface area (Å²) in [7, 11) is 0. The Balaban J connectivity index is 1.48. The van der Waals surface area contributed by atoms with Gasteiger partial charge in [0, 0.05) is 30.6 Å². The quantitative estimate of drug-likeness (QED) is 0.323. The fourth-order valence-corrected chi connectivity index (χ4v) is 4.03. The van der Waals surface area contributed by atoms with Crippen molar-refractivity contribution in [2.24, 2.45) is 0 Å². The van der Waals surface area contributed by atoms with Gasteiger partial charge in [-0.1, -0.05) is 78.9 Å². The number of aromatic nitrogens is 3. The number of anilines is 1. The maximum absolute atomic E-state index is 11.2. The lowest BCUT2D eigenvalue weighted by molar-refractivity contribution is -0.114. The number of nitrogens with one attached hydrogen (secondary N) is 2. The first-order chi connectivity index (χ1) is 15.6. The number of aromatic amines is 1. The maximum atomic E-state index is 11.2. The molecule has 0 fully saturated rings. The van der Waals surface area contributed by atoms with Gasteiger partial charge in [-0.3, -0.25) is 9.20 Å². The monoisotopic (exact) mass is 436 g/mol. The minimum Gasteiger partial charge on any atom is -0.326 e. The smallest absolute Gasteiger partial charge is 0.221 e. The average molecular weight is 437 g/mol. The second-order valence-electron chi connectivity index (χ2n) is 7.54. The van der Waals surface area contributed by atoms with Crippen LogP contribution in [-0.2, 0) is 4.79 Å². The van der Waals surface area contributed by atoms with Crippen molar-refractivity contribution in [3.05, 3.63) is 95.9 Å². The molecule has 2 N–H and O–H groups in total. The summed E-state index contributed by atoms with van der Waals surface area (Å²) >= 11 is 5.76. The van der Waals surface area contributed by atoms with Crippen molar-refractivity contribution in [1.29, 1.82) is 0 Å². The van der Waals surface area contributed by atoms with Crippen molar-refractivity contribution in [1.82, 2.24) is 14.4 Å². The van der Waals surface area contributed by atoms with Crippen molar-refractivity contribution in [3.63, 3.8) is 0 Å². The van der Waals surface area contributed by atoms with Crippen molar-refractivity contribution >= 4 is 29.6 Å². The number of imidazole rings is 1. The van der Waals surface area contributed by atoms with E-state index in [0.717, 1.165) is 28.1 Å². The maximum Gasteiger partial charge on any atom is 0.221 e. The Morgan fingerprint density at radius 1 is 0.875 bits per heavy atom. The highest BCUT2D eigenvalue weighted by Gasteiger charge is 2.09. The lowest BCUT2D eigenvalue weighted by atomic mass is 10.0. The molecule has 2 aromatic heterocycles. The number of nitrogens with zero attached hydrogens (tertiary/aromatic N) is 2. The van der Waals surface area contributed by atoms with Crippen LogP contribution in [0.5, 0.6) is 0 Å². The van der Waals surface area contributed by atoms with Gasteiger partial charge in [0.15, 0.2) is 0 Å². The van der Waals surface area contributed by atoms with Crippen LogP contribution in [-0.4, -0.2) is 20.3 Å². The van der Waals surface area contributed by atoms with Gasteiger partial charge in [-0.05, 0) is 34.4 Å². The van der Waals surface area contributed by atoms with Crippen LogP contribution in [0.15, 0.2) is 91.3 Å². The van der Waals surface area contributed by atoms with Gasteiger partial charge >= 0.3 is 0 Å². The van der Waals surface area contributed by atoms with Crippen molar-refractivity contribution in [2.75, 3.05) is 5.32 Å². The van der Waals surface area contributed by atoms with Gasteiger partial charge in [0.1, 0.15) is 4.64 Å². The fourth-order valence-electron chi connectivity index (χ4n) is 3.72. The van der Waals surface area contributed by atoms with E-state index >= 15 is 0 Å². The first-order valence-corrected chi connectivity index (χ1v) is 10.6. The number of carbonyl (C=O) groups excluding carboxylic acids is 1. The van der Waals surface area contributed by atoms with E-state index in [1.54, 1.807) is 6.20 Å². The number of benzene rings is 3. The summed E-state index contributed by atoms with van der Waals surface area (Å²) in [4.78, 5) is 19.2. The highest BCUT2D eigenvalue weighted by molar-refractivity contribution is 7.71. The van der Waals surface area contributed by atoms with Gasteiger partial charge in [0.2, 0.25) is 11.7 Å². The average Bonchev–Trinajstić information content (AvgIpc) is 3.26. The fraction of sp³-hybridized carbons (Fsp3) is 0.0385. The summed E-state index contributed by atoms with van der Waals surface area (Å²) in [5.74, 6) is 0.591. The van der Waals surface area contributed by atoms with E-state index in [9.17, 15) is 4.79 Å². The molecular weight excluding hydrogens is 416 g/mol. The number of fused-ring (bicyclic) bond motifs is 1. The second kappa shape index (κ2) is 8.24. The number of amides is 1. The van der Waals surface area contributed by atoms with Gasteiger partial charge in [-0.2, -0.15) is 0 Å². The van der Waals surface area contributed by atoms with Crippen LogP contribution in [0.4, 0.5) is 5.69 Å². The molecule has 2 heterocycles. The highest BCUT2D eigenvalue weighted by Crippen LogP contribution is 2.27. The topological polar surface area (TPSA) is 62.2 Å². The van der Waals surface area contributed by atoms with Crippen molar-refractivity contribution < 1.29 is 4.79 Å². The molecule has 0 unspecified atom stereocenters. The largest absolute Gasteiger partial charge is 0.326 e. The van der Waals surface area contributed by atoms with E-state index in [0.29, 0.717) is 10.4 Å². The molecule has 0 spiro atoms. The minimum atomic E-state index is -0.1000. The Labute approximate surface area is 190 Å². The van der Waals surface area contributed by atoms with Crippen LogP contribution < -0.4 is 5.32 Å². The number of hydrogen-bond acceptors (Lipinski definition) is 3. The van der Waals surface area contributed by atoms with Gasteiger partial charge in [0.25, 0.3) is 0 Å². The summed E-state index contributed by atoms with van der Waals surface area (Å²) in [6.45, 7) is 1.49. The SMILES string of the molecule is CC(=O)Nc1ccc(-c2cnc3[nH]c(-c4ccc(-c5ccccc5)cc4)cn3c2=S)cc1. The molecule has 5 aromatic rings. The minimum absolute atomic E-state index is 0.1000. The van der Waals surface area contributed by atoms with E-state index in [1.807, 2.05) is 53.1 Å². The number of H-pyrrole nitrogens is 1. The molecule has 6 heteroatoms. The molecule has 0 radical (unpaired) electrons. The standard InChI is InChI=1S/C26H20N4OS/c1-17(31)28-22-13-11-20(12-14-22)23-15-27-26-29-24(16-30(26)25(23)32)21-9-7-19(8-10-21)18-5-3-2-4-6-18/h2-16H,1H3,(H,27,29)(H,28,31). The Kier molecular flexibility index (Phi) is 5.13. The Morgan fingerprint density at radius 3 is 2.19 bits per heavy atom. The van der Waals surface area contributed by atoms with E-state index in [4.69, 9.17) is 12.2 Å². The molecule has 0 saturated heterocycles. The molecular formula is C26H20N4OS. The van der Waals surface area contributed by atoms with Crippen LogP contribution in [0.2, 0.25) is 0 Å². The molecule has 5 nitrogen and oxygen atoms in total. The molecule has 3 aromatic carbocycles. The van der Waals surface area contributed by atoms with Gasteiger partial charge < -0.3 is 10.3 Å². The number of carbonyl (C=O) groups is 1. The van der Waals surface area contributed by atoms with Crippen molar-refractivity contribution in [2.45, 2.75) is 6.92 Å². The zero-order valence-corrected chi connectivity index (χ0v) is 18.2. The van der Waals surface area contributed by atoms with Crippen LogP contribution in [0.3, 0.4) is 0 Å². The van der Waals surface area contributed by atoms with Gasteiger partial charge in [-0.25, -0.2) is 4.98 Å². The summed E-state index contributed by atoms with van der Waals surface area (Å²) in [6, 6.07) is 26.3. The van der Waals surface area contributed by atoms with Gasteiger partial charge in [-0.15, -0.1) is 0 Å². The summed E-state index contributed by atoms with van der Waals surface area (Å²) in [5.41, 5.74) is 6.92. The lowest BCUT2D eigenvalue weighted by Crippen LogP contribution is -2.05. The molecule has 0 saturated carbocycles. The lowest BCUT2D eigenvalue weighted by Gasteiger charge is -2.05.